The highest BCUT2D eigenvalue weighted by atomic mass is 32.2. The van der Waals surface area contributed by atoms with Gasteiger partial charge in [-0.05, 0) is 62.4 Å². The van der Waals surface area contributed by atoms with E-state index in [1.807, 2.05) is 51.1 Å². The number of methoxy groups -OCH3 is 1. The van der Waals surface area contributed by atoms with Crippen molar-refractivity contribution in [1.82, 2.24) is 5.32 Å². The van der Waals surface area contributed by atoms with Gasteiger partial charge in [0, 0.05) is 11.6 Å². The Labute approximate surface area is 163 Å². The highest BCUT2D eigenvalue weighted by Crippen LogP contribution is 2.32. The summed E-state index contributed by atoms with van der Waals surface area (Å²) >= 11 is 1.32. The predicted molar refractivity (Wildman–Crippen MR) is 111 cm³/mol. The lowest BCUT2D eigenvalue weighted by atomic mass is 10.1. The van der Waals surface area contributed by atoms with Crippen LogP contribution in [-0.4, -0.2) is 24.8 Å². The van der Waals surface area contributed by atoms with Gasteiger partial charge < -0.3 is 14.8 Å². The van der Waals surface area contributed by atoms with E-state index in [2.05, 4.69) is 16.4 Å². The number of aliphatic imine (C=N–C) groups is 1. The molecule has 3 rings (SSSR count). The highest BCUT2D eigenvalue weighted by molar-refractivity contribution is 8.18. The second-order valence-corrected chi connectivity index (χ2v) is 7.14. The Kier molecular flexibility index (Phi) is 5.86. The number of hydrogen-bond acceptors (Lipinski definition) is 5. The fourth-order valence-electron chi connectivity index (χ4n) is 2.73. The Morgan fingerprint density at radius 2 is 2.00 bits per heavy atom. The van der Waals surface area contributed by atoms with Gasteiger partial charge in [0.25, 0.3) is 5.91 Å². The number of aryl methyl sites for hydroxylation is 2. The maximum Gasteiger partial charge on any atom is 0.264 e. The zero-order valence-corrected chi connectivity index (χ0v) is 16.6. The van der Waals surface area contributed by atoms with Crippen molar-refractivity contribution in [3.8, 4) is 11.5 Å². The molecule has 0 spiro atoms. The molecule has 5 nitrogen and oxygen atoms in total. The van der Waals surface area contributed by atoms with E-state index in [4.69, 9.17) is 9.47 Å². The van der Waals surface area contributed by atoms with Crippen molar-refractivity contribution in [3.05, 3.63) is 58.0 Å². The number of carbonyl (C=O) groups is 1. The van der Waals surface area contributed by atoms with Crippen LogP contribution >= 0.6 is 11.8 Å². The Morgan fingerprint density at radius 1 is 1.19 bits per heavy atom. The number of thioether (sulfide) groups is 1. The van der Waals surface area contributed by atoms with Gasteiger partial charge in [0.15, 0.2) is 5.17 Å². The fourth-order valence-corrected chi connectivity index (χ4v) is 3.55. The van der Waals surface area contributed by atoms with Crippen LogP contribution in [0.2, 0.25) is 0 Å². The van der Waals surface area contributed by atoms with Crippen molar-refractivity contribution in [1.29, 1.82) is 0 Å². The van der Waals surface area contributed by atoms with Crippen molar-refractivity contribution < 1.29 is 14.3 Å². The third kappa shape index (κ3) is 4.52. The highest BCUT2D eigenvalue weighted by Gasteiger charge is 2.24. The summed E-state index contributed by atoms with van der Waals surface area (Å²) in [6, 6.07) is 11.6. The molecule has 140 valence electrons. The Bertz CT molecular complexity index is 935. The number of hydrogen-bond donors (Lipinski definition) is 1. The zero-order chi connectivity index (χ0) is 19.4. The first kappa shape index (κ1) is 19.0. The Balaban J connectivity index is 1.86. The van der Waals surface area contributed by atoms with E-state index in [1.54, 1.807) is 13.2 Å². The van der Waals surface area contributed by atoms with Crippen molar-refractivity contribution >= 4 is 34.6 Å². The summed E-state index contributed by atoms with van der Waals surface area (Å²) in [5.41, 5.74) is 3.92. The minimum absolute atomic E-state index is 0.167. The second-order valence-electron chi connectivity index (χ2n) is 6.11. The molecule has 1 aliphatic heterocycles. The van der Waals surface area contributed by atoms with Gasteiger partial charge in [-0.2, -0.15) is 0 Å². The van der Waals surface area contributed by atoms with Crippen molar-refractivity contribution in [3.63, 3.8) is 0 Å². The van der Waals surface area contributed by atoms with E-state index in [1.165, 1.54) is 17.3 Å². The molecule has 27 heavy (non-hydrogen) atoms. The number of nitrogens with zero attached hydrogens (tertiary/aromatic N) is 1. The van der Waals surface area contributed by atoms with Crippen molar-refractivity contribution in [2.45, 2.75) is 20.8 Å². The lowest BCUT2D eigenvalue weighted by Gasteiger charge is -2.08. The maximum atomic E-state index is 12.3. The molecule has 2 aromatic carbocycles. The van der Waals surface area contributed by atoms with E-state index in [0.717, 1.165) is 22.6 Å². The normalized spacial score (nSPS) is 16.7. The fraction of sp³-hybridized carbons (Fsp3) is 0.238. The largest absolute Gasteiger partial charge is 0.496 e. The molecule has 0 radical (unpaired) electrons. The molecule has 0 bridgehead atoms. The molecule has 1 N–H and O–H groups in total. The Hall–Kier alpha value is -2.73. The SMILES string of the molecule is CCOc1ccc(C=C2SC(=Nc3ccc(C)cc3C)NC2=O)c(OC)c1. The molecule has 1 fully saturated rings. The van der Waals surface area contributed by atoms with Crippen LogP contribution in [0.5, 0.6) is 11.5 Å². The van der Waals surface area contributed by atoms with Crippen LogP contribution in [0.3, 0.4) is 0 Å². The van der Waals surface area contributed by atoms with E-state index in [9.17, 15) is 4.79 Å². The molecule has 0 aromatic heterocycles. The van der Waals surface area contributed by atoms with Crippen LogP contribution in [-0.2, 0) is 4.79 Å². The molecule has 6 heteroatoms. The average Bonchev–Trinajstić information content (AvgIpc) is 2.98. The van der Waals surface area contributed by atoms with Crippen LogP contribution in [0.1, 0.15) is 23.6 Å². The molecular formula is C21H22N2O3S. The lowest BCUT2D eigenvalue weighted by molar-refractivity contribution is -0.115. The summed E-state index contributed by atoms with van der Waals surface area (Å²) in [4.78, 5) is 17.5. The third-order valence-electron chi connectivity index (χ3n) is 4.03. The topological polar surface area (TPSA) is 59.9 Å². The molecule has 1 aliphatic rings. The molecular weight excluding hydrogens is 360 g/mol. The first-order chi connectivity index (χ1) is 13.0. The molecule has 2 aromatic rings. The quantitative estimate of drug-likeness (QED) is 0.768. The van der Waals surface area contributed by atoms with Gasteiger partial charge in [-0.1, -0.05) is 17.7 Å². The minimum atomic E-state index is -0.167. The van der Waals surface area contributed by atoms with Crippen LogP contribution in [0.25, 0.3) is 6.08 Å². The third-order valence-corrected chi connectivity index (χ3v) is 4.94. The van der Waals surface area contributed by atoms with E-state index in [-0.39, 0.29) is 5.91 Å². The summed E-state index contributed by atoms with van der Waals surface area (Å²) in [6.07, 6.45) is 1.80. The molecule has 0 unspecified atom stereocenters. The van der Waals surface area contributed by atoms with Crippen LogP contribution in [0.4, 0.5) is 5.69 Å². The van der Waals surface area contributed by atoms with Gasteiger partial charge >= 0.3 is 0 Å². The number of amidine groups is 1. The van der Waals surface area contributed by atoms with Gasteiger partial charge in [0.2, 0.25) is 0 Å². The van der Waals surface area contributed by atoms with Gasteiger partial charge in [0.1, 0.15) is 11.5 Å². The summed E-state index contributed by atoms with van der Waals surface area (Å²) in [5, 5.41) is 3.40. The zero-order valence-electron chi connectivity index (χ0n) is 15.8. The second kappa shape index (κ2) is 8.31. The maximum absolute atomic E-state index is 12.3. The van der Waals surface area contributed by atoms with Crippen molar-refractivity contribution in [2.24, 2.45) is 4.99 Å². The number of benzene rings is 2. The van der Waals surface area contributed by atoms with Crippen LogP contribution in [0, 0.1) is 13.8 Å². The minimum Gasteiger partial charge on any atom is -0.496 e. The molecule has 1 amide bonds. The van der Waals surface area contributed by atoms with Crippen LogP contribution in [0.15, 0.2) is 46.3 Å². The van der Waals surface area contributed by atoms with Gasteiger partial charge in [0.05, 0.1) is 24.3 Å². The predicted octanol–water partition coefficient (Wildman–Crippen LogP) is 4.60. The molecule has 0 aliphatic carbocycles. The molecule has 1 heterocycles. The van der Waals surface area contributed by atoms with Crippen LogP contribution < -0.4 is 14.8 Å². The number of carbonyl (C=O) groups excluding carboxylic acids is 1. The Morgan fingerprint density at radius 3 is 2.70 bits per heavy atom. The molecule has 0 saturated carbocycles. The summed E-state index contributed by atoms with van der Waals surface area (Å²) in [5.74, 6) is 1.22. The van der Waals surface area contributed by atoms with Gasteiger partial charge in [-0.25, -0.2) is 4.99 Å². The first-order valence-corrected chi connectivity index (χ1v) is 9.49. The average molecular weight is 382 g/mol. The monoisotopic (exact) mass is 382 g/mol. The van der Waals surface area contributed by atoms with E-state index < -0.39 is 0 Å². The van der Waals surface area contributed by atoms with Gasteiger partial charge in [-0.3, -0.25) is 4.79 Å². The summed E-state index contributed by atoms with van der Waals surface area (Å²) in [7, 11) is 1.60. The van der Waals surface area contributed by atoms with E-state index >= 15 is 0 Å². The summed E-state index contributed by atoms with van der Waals surface area (Å²) in [6.45, 7) is 6.56. The number of ether oxygens (including phenoxy) is 2. The van der Waals surface area contributed by atoms with E-state index in [0.29, 0.717) is 22.4 Å². The lowest BCUT2D eigenvalue weighted by Crippen LogP contribution is -2.19. The first-order valence-electron chi connectivity index (χ1n) is 8.68. The standard InChI is InChI=1S/C21H22N2O3S/c1-5-26-16-8-7-15(18(12-16)25-4)11-19-20(24)23-21(27-19)22-17-9-6-13(2)10-14(17)3/h6-12H,5H2,1-4H3,(H,22,23,24). The number of rotatable bonds is 5. The van der Waals surface area contributed by atoms with Crippen molar-refractivity contribution in [2.75, 3.05) is 13.7 Å². The van der Waals surface area contributed by atoms with Gasteiger partial charge in [-0.15, -0.1) is 0 Å². The smallest absolute Gasteiger partial charge is 0.264 e. The number of amides is 1. The molecule has 0 atom stereocenters. The number of nitrogens with one attached hydrogen (secondary N) is 1. The summed E-state index contributed by atoms with van der Waals surface area (Å²) < 4.78 is 10.9. The molecule has 1 saturated heterocycles.